The Labute approximate surface area is 297 Å². The number of sulfonamides is 1. The molecule has 0 aromatic heterocycles. The third-order valence-electron chi connectivity index (χ3n) is 9.79. The van der Waals surface area contributed by atoms with E-state index in [9.17, 15) is 32.4 Å². The summed E-state index contributed by atoms with van der Waals surface area (Å²) in [6.45, 7) is 4.99. The maximum Gasteiger partial charge on any atom is 0.408 e. The number of carbonyl (C=O) groups is 5. The summed E-state index contributed by atoms with van der Waals surface area (Å²) in [4.78, 5) is 69.6. The Morgan fingerprint density at radius 1 is 0.980 bits per heavy atom. The minimum Gasteiger partial charge on any atom is -0.457 e. The van der Waals surface area contributed by atoms with Gasteiger partial charge < -0.3 is 25.0 Å². The number of hydrogen-bond acceptors (Lipinski definition) is 9. The second-order valence-corrected chi connectivity index (χ2v) is 17.0. The highest BCUT2D eigenvalue weighted by Crippen LogP contribution is 2.46. The molecule has 3 N–H and O–H groups in total. The topological polar surface area (TPSA) is 177 Å². The highest BCUT2D eigenvalue weighted by atomic mass is 32.2. The molecule has 14 heteroatoms. The van der Waals surface area contributed by atoms with E-state index in [1.54, 1.807) is 32.9 Å². The van der Waals surface area contributed by atoms with Gasteiger partial charge in [0.25, 0.3) is 5.91 Å². The summed E-state index contributed by atoms with van der Waals surface area (Å²) < 4.78 is 39.0. The van der Waals surface area contributed by atoms with E-state index in [-0.39, 0.29) is 25.8 Å². The first-order chi connectivity index (χ1) is 24.1. The zero-order chi connectivity index (χ0) is 36.6. The maximum atomic E-state index is 14.3. The van der Waals surface area contributed by atoms with Gasteiger partial charge in [-0.25, -0.2) is 18.0 Å². The third-order valence-corrected chi connectivity index (χ3v) is 11.6. The van der Waals surface area contributed by atoms with Crippen molar-refractivity contribution in [2.75, 3.05) is 6.54 Å². The van der Waals surface area contributed by atoms with Crippen LogP contribution in [0.25, 0.3) is 10.8 Å². The fourth-order valence-electron chi connectivity index (χ4n) is 6.83. The number of allylic oxidation sites excluding steroid dienone is 1. The molecule has 0 spiro atoms. The largest absolute Gasteiger partial charge is 0.457 e. The molecule has 2 aromatic carbocycles. The van der Waals surface area contributed by atoms with Crippen molar-refractivity contribution in [3.63, 3.8) is 0 Å². The molecular weight excluding hydrogens is 676 g/mol. The van der Waals surface area contributed by atoms with Gasteiger partial charge >= 0.3 is 12.1 Å². The maximum absolute atomic E-state index is 14.3. The Morgan fingerprint density at radius 2 is 1.73 bits per heavy atom. The van der Waals surface area contributed by atoms with E-state index in [4.69, 9.17) is 9.47 Å². The molecule has 274 valence electrons. The number of carbonyl (C=O) groups excluding carboxylic acids is 5. The molecule has 13 nitrogen and oxygen atoms in total. The predicted octanol–water partition coefficient (Wildman–Crippen LogP) is 3.86. The average molecular weight is 723 g/mol. The molecular formula is C37H46N4O9S. The molecule has 2 aromatic rings. The summed E-state index contributed by atoms with van der Waals surface area (Å²) in [5.74, 6) is -3.14. The van der Waals surface area contributed by atoms with Crippen molar-refractivity contribution in [3.8, 4) is 0 Å². The highest BCUT2D eigenvalue weighted by molar-refractivity contribution is 7.91. The van der Waals surface area contributed by atoms with Crippen molar-refractivity contribution in [3.05, 3.63) is 60.2 Å². The van der Waals surface area contributed by atoms with Crippen LogP contribution >= 0.6 is 0 Å². The second-order valence-electron chi connectivity index (χ2n) is 15.0. The van der Waals surface area contributed by atoms with Gasteiger partial charge in [-0.3, -0.25) is 19.1 Å². The summed E-state index contributed by atoms with van der Waals surface area (Å²) in [5.41, 5.74) is -2.04. The SMILES string of the molecule is CC(C)(C)OC(=O)N[C@H]1CCCCC/C=C\[C@@H]2C[C@@]2(C(=O)NS(=O)(=O)C2CC2)NC(=O)[C@@H]2C[C@@H](OC(=O)c3ccc4ccccc4c3)CN2C1=O. The lowest BCUT2D eigenvalue weighted by molar-refractivity contribution is -0.141. The number of fused-ring (bicyclic) bond motifs is 3. The monoisotopic (exact) mass is 722 g/mol. The van der Waals surface area contributed by atoms with Crippen LogP contribution in [0.4, 0.5) is 4.79 Å². The van der Waals surface area contributed by atoms with Gasteiger partial charge in [-0.05, 0) is 82.2 Å². The molecule has 1 saturated heterocycles. The van der Waals surface area contributed by atoms with E-state index in [2.05, 4.69) is 15.4 Å². The Hall–Kier alpha value is -4.46. The van der Waals surface area contributed by atoms with Crippen LogP contribution in [-0.2, 0) is 33.9 Å². The number of benzene rings is 2. The number of esters is 1. The van der Waals surface area contributed by atoms with Crippen LogP contribution in [-0.4, -0.2) is 84.2 Å². The van der Waals surface area contributed by atoms with Crippen molar-refractivity contribution in [1.82, 2.24) is 20.3 Å². The normalized spacial score (nSPS) is 27.9. The minimum atomic E-state index is -3.90. The van der Waals surface area contributed by atoms with E-state index < -0.39 is 80.3 Å². The fourth-order valence-corrected chi connectivity index (χ4v) is 8.20. The van der Waals surface area contributed by atoms with Crippen LogP contribution < -0.4 is 15.4 Å². The van der Waals surface area contributed by atoms with E-state index in [1.807, 2.05) is 42.5 Å². The van der Waals surface area contributed by atoms with Gasteiger partial charge in [0.15, 0.2) is 0 Å². The molecule has 6 rings (SSSR count). The van der Waals surface area contributed by atoms with Crippen LogP contribution in [0.3, 0.4) is 0 Å². The Morgan fingerprint density at radius 3 is 2.45 bits per heavy atom. The number of amides is 4. The van der Waals surface area contributed by atoms with Gasteiger partial charge in [-0.2, -0.15) is 0 Å². The summed E-state index contributed by atoms with van der Waals surface area (Å²) in [7, 11) is -3.90. The number of ether oxygens (including phenoxy) is 2. The number of alkyl carbamates (subject to hydrolysis) is 1. The van der Waals surface area contributed by atoms with Crippen molar-refractivity contribution >= 4 is 50.6 Å². The van der Waals surface area contributed by atoms with E-state index in [1.165, 1.54) is 4.90 Å². The van der Waals surface area contributed by atoms with E-state index in [0.717, 1.165) is 23.6 Å². The molecule has 51 heavy (non-hydrogen) atoms. The molecule has 5 atom stereocenters. The van der Waals surface area contributed by atoms with Gasteiger partial charge in [0.05, 0.1) is 17.4 Å². The van der Waals surface area contributed by atoms with Gasteiger partial charge in [-0.1, -0.05) is 55.3 Å². The molecule has 2 heterocycles. The summed E-state index contributed by atoms with van der Waals surface area (Å²) >= 11 is 0. The minimum absolute atomic E-state index is 0.0748. The Balaban J connectivity index is 1.27. The second kappa shape index (κ2) is 14.3. The number of hydrogen-bond donors (Lipinski definition) is 3. The molecule has 2 aliphatic heterocycles. The zero-order valence-corrected chi connectivity index (χ0v) is 30.0. The Bertz CT molecular complexity index is 1850. The average Bonchev–Trinajstić information content (AvgIpc) is 3.99. The molecule has 0 radical (unpaired) electrons. The standard InChI is InChI=1S/C37H46N4O9S/c1-36(2,3)50-35(46)38-29-14-8-6-4-5-7-13-26-21-37(26,34(45)40-51(47,48)28-17-18-28)39-31(42)30-20-27(22-41(30)32(29)43)49-33(44)25-16-15-23-11-9-10-12-24(23)19-25/h7,9-13,15-16,19,26-30H,4-6,8,14,17-18,20-22H2,1-3H3,(H,38,46)(H,39,42)(H,40,45)/b13-7-/t26-,27-,29+,30+,37-/m1/s1. The predicted molar refractivity (Wildman–Crippen MR) is 188 cm³/mol. The fraction of sp³-hybridized carbons (Fsp3) is 0.541. The lowest BCUT2D eigenvalue weighted by Crippen LogP contribution is -2.58. The van der Waals surface area contributed by atoms with Gasteiger partial charge in [0.2, 0.25) is 21.8 Å². The summed E-state index contributed by atoms with van der Waals surface area (Å²) in [5, 5.41) is 6.65. The zero-order valence-electron chi connectivity index (χ0n) is 29.2. The van der Waals surface area contributed by atoms with Crippen molar-refractivity contribution in [2.24, 2.45) is 5.92 Å². The molecule has 0 bridgehead atoms. The van der Waals surface area contributed by atoms with Crippen LogP contribution in [0.1, 0.15) is 88.9 Å². The summed E-state index contributed by atoms with van der Waals surface area (Å²) in [6, 6.07) is 10.5. The lowest BCUT2D eigenvalue weighted by atomic mass is 10.0. The van der Waals surface area contributed by atoms with Crippen molar-refractivity contribution in [2.45, 2.75) is 113 Å². The molecule has 4 aliphatic rings. The van der Waals surface area contributed by atoms with E-state index in [0.29, 0.717) is 31.2 Å². The molecule has 2 saturated carbocycles. The van der Waals surface area contributed by atoms with Crippen LogP contribution in [0.5, 0.6) is 0 Å². The highest BCUT2D eigenvalue weighted by Gasteiger charge is 2.62. The Kier molecular flexibility index (Phi) is 10.2. The van der Waals surface area contributed by atoms with Crippen LogP contribution in [0, 0.1) is 5.92 Å². The van der Waals surface area contributed by atoms with Gasteiger partial charge in [0.1, 0.15) is 29.3 Å². The first-order valence-electron chi connectivity index (χ1n) is 17.7. The molecule has 0 unspecified atom stereocenters. The molecule has 2 aliphatic carbocycles. The molecule has 3 fully saturated rings. The van der Waals surface area contributed by atoms with Crippen LogP contribution in [0.15, 0.2) is 54.6 Å². The first kappa shape index (κ1) is 36.3. The van der Waals surface area contributed by atoms with Crippen LogP contribution in [0.2, 0.25) is 0 Å². The number of nitrogens with zero attached hydrogens (tertiary/aromatic N) is 1. The van der Waals surface area contributed by atoms with Gasteiger partial charge in [0, 0.05) is 12.3 Å². The van der Waals surface area contributed by atoms with Gasteiger partial charge in [-0.15, -0.1) is 0 Å². The van der Waals surface area contributed by atoms with E-state index >= 15 is 0 Å². The third kappa shape index (κ3) is 8.54. The lowest BCUT2D eigenvalue weighted by Gasteiger charge is -2.30. The number of rotatable bonds is 6. The summed E-state index contributed by atoms with van der Waals surface area (Å²) in [6.07, 6.45) is 6.19. The smallest absolute Gasteiger partial charge is 0.408 e. The first-order valence-corrected chi connectivity index (χ1v) is 19.2. The quantitative estimate of drug-likeness (QED) is 0.295. The number of nitrogens with one attached hydrogen (secondary N) is 3. The molecule has 4 amide bonds. The van der Waals surface area contributed by atoms with Crippen molar-refractivity contribution in [1.29, 1.82) is 0 Å². The van der Waals surface area contributed by atoms with Crippen molar-refractivity contribution < 1.29 is 41.9 Å².